The first-order valence-electron chi connectivity index (χ1n) is 8.46. The Hall–Kier alpha value is -1.93. The number of benzene rings is 2. The van der Waals surface area contributed by atoms with E-state index in [1.54, 1.807) is 0 Å². The fraction of sp³-hybridized carbons (Fsp3) is 0.381. The molecule has 0 aliphatic rings. The van der Waals surface area contributed by atoms with E-state index in [2.05, 4.69) is 67.3 Å². The molecule has 2 nitrogen and oxygen atoms in total. The van der Waals surface area contributed by atoms with Gasteiger partial charge in [0.05, 0.1) is 6.04 Å². The number of nitrogens with zero attached hydrogens (tertiary/aromatic N) is 1. The maximum absolute atomic E-state index is 11.7. The quantitative estimate of drug-likeness (QED) is 0.626. The molecule has 23 heavy (non-hydrogen) atoms. The fourth-order valence-corrected chi connectivity index (χ4v) is 2.77. The molecular formula is C21H27NO. The molecule has 0 heterocycles. The van der Waals surface area contributed by atoms with Crippen LogP contribution in [0.5, 0.6) is 0 Å². The normalized spacial score (nSPS) is 12.5. The third-order valence-corrected chi connectivity index (χ3v) is 4.12. The van der Waals surface area contributed by atoms with Gasteiger partial charge in [0.25, 0.3) is 0 Å². The van der Waals surface area contributed by atoms with E-state index in [4.69, 9.17) is 0 Å². The van der Waals surface area contributed by atoms with Crippen LogP contribution in [0, 0.1) is 5.92 Å². The Morgan fingerprint density at radius 2 is 1.30 bits per heavy atom. The summed E-state index contributed by atoms with van der Waals surface area (Å²) in [6.07, 6.45) is 3.11. The summed E-state index contributed by atoms with van der Waals surface area (Å²) in [5, 5.41) is 0. The first kappa shape index (κ1) is 17.4. The Morgan fingerprint density at radius 3 is 1.70 bits per heavy atom. The van der Waals surface area contributed by atoms with E-state index in [1.165, 1.54) is 11.1 Å². The average Bonchev–Trinajstić information content (AvgIpc) is 2.57. The van der Waals surface area contributed by atoms with E-state index in [9.17, 15) is 4.79 Å². The van der Waals surface area contributed by atoms with Crippen molar-refractivity contribution in [2.24, 2.45) is 5.92 Å². The number of carbonyl (C=O) groups is 1. The Labute approximate surface area is 140 Å². The summed E-state index contributed by atoms with van der Waals surface area (Å²) in [7, 11) is 0. The van der Waals surface area contributed by atoms with Crippen LogP contribution < -0.4 is 0 Å². The van der Waals surface area contributed by atoms with Gasteiger partial charge in [0.1, 0.15) is 6.29 Å². The summed E-state index contributed by atoms with van der Waals surface area (Å²) in [6.45, 7) is 6.02. The van der Waals surface area contributed by atoms with Gasteiger partial charge in [-0.1, -0.05) is 74.5 Å². The van der Waals surface area contributed by atoms with Gasteiger partial charge in [-0.25, -0.2) is 0 Å². The first-order valence-corrected chi connectivity index (χ1v) is 8.46. The zero-order valence-corrected chi connectivity index (χ0v) is 14.2. The van der Waals surface area contributed by atoms with Gasteiger partial charge in [0.15, 0.2) is 0 Å². The van der Waals surface area contributed by atoms with Crippen molar-refractivity contribution in [1.82, 2.24) is 4.90 Å². The summed E-state index contributed by atoms with van der Waals surface area (Å²) < 4.78 is 0. The van der Waals surface area contributed by atoms with Gasteiger partial charge in [-0.05, 0) is 29.9 Å². The standard InChI is InChI=1S/C21H27NO/c1-18(2)13-14-21(17-23)22(15-19-9-5-3-6-10-19)16-20-11-7-4-8-12-20/h3-12,17-18,21H,13-16H2,1-2H3/t21-/m0/s1. The van der Waals surface area contributed by atoms with E-state index < -0.39 is 0 Å². The van der Waals surface area contributed by atoms with Gasteiger partial charge in [-0.15, -0.1) is 0 Å². The van der Waals surface area contributed by atoms with Crippen LogP contribution in [0.3, 0.4) is 0 Å². The molecule has 0 saturated carbocycles. The molecule has 0 radical (unpaired) electrons. The van der Waals surface area contributed by atoms with E-state index in [0.29, 0.717) is 5.92 Å². The van der Waals surface area contributed by atoms with Crippen LogP contribution in [0.1, 0.15) is 37.8 Å². The van der Waals surface area contributed by atoms with E-state index in [1.807, 2.05) is 12.1 Å². The van der Waals surface area contributed by atoms with Crippen LogP contribution in [-0.4, -0.2) is 17.2 Å². The van der Waals surface area contributed by atoms with E-state index in [-0.39, 0.29) is 6.04 Å². The summed E-state index contributed by atoms with van der Waals surface area (Å²) in [6, 6.07) is 20.8. The predicted octanol–water partition coefficient (Wildman–Crippen LogP) is 4.69. The molecule has 0 spiro atoms. The largest absolute Gasteiger partial charge is 0.302 e. The summed E-state index contributed by atoms with van der Waals surface area (Å²) in [4.78, 5) is 14.0. The molecule has 2 aromatic carbocycles. The average molecular weight is 309 g/mol. The van der Waals surface area contributed by atoms with Gasteiger partial charge < -0.3 is 4.79 Å². The lowest BCUT2D eigenvalue weighted by atomic mass is 10.0. The van der Waals surface area contributed by atoms with Crippen molar-refractivity contribution >= 4 is 6.29 Å². The molecule has 1 atom stereocenters. The van der Waals surface area contributed by atoms with Crippen LogP contribution in [-0.2, 0) is 17.9 Å². The monoisotopic (exact) mass is 309 g/mol. The van der Waals surface area contributed by atoms with Gasteiger partial charge in [-0.2, -0.15) is 0 Å². The minimum Gasteiger partial charge on any atom is -0.302 e. The van der Waals surface area contributed by atoms with E-state index in [0.717, 1.165) is 32.2 Å². The Kier molecular flexibility index (Phi) is 7.02. The lowest BCUT2D eigenvalue weighted by Gasteiger charge is -2.29. The third-order valence-electron chi connectivity index (χ3n) is 4.12. The first-order chi connectivity index (χ1) is 11.2. The molecule has 0 N–H and O–H groups in total. The minimum absolute atomic E-state index is 0.0298. The fourth-order valence-electron chi connectivity index (χ4n) is 2.77. The molecule has 0 aliphatic heterocycles. The zero-order valence-electron chi connectivity index (χ0n) is 14.2. The second kappa shape index (κ2) is 9.26. The second-order valence-corrected chi connectivity index (χ2v) is 6.55. The van der Waals surface area contributed by atoms with E-state index >= 15 is 0 Å². The number of carbonyl (C=O) groups excluding carboxylic acids is 1. The SMILES string of the molecule is CC(C)CC[C@@H](C=O)N(Cc1ccccc1)Cc1ccccc1. The van der Waals surface area contributed by atoms with Crippen LogP contribution in [0.15, 0.2) is 60.7 Å². The van der Waals surface area contributed by atoms with Gasteiger partial charge in [-0.3, -0.25) is 4.90 Å². The number of rotatable bonds is 9. The third kappa shape index (κ3) is 5.99. The summed E-state index contributed by atoms with van der Waals surface area (Å²) in [5.41, 5.74) is 2.50. The molecule has 2 rings (SSSR count). The molecule has 0 fully saturated rings. The molecule has 2 aromatic rings. The van der Waals surface area contributed by atoms with Crippen molar-refractivity contribution in [3.63, 3.8) is 0 Å². The van der Waals surface area contributed by atoms with Gasteiger partial charge >= 0.3 is 0 Å². The van der Waals surface area contributed by atoms with Gasteiger partial charge in [0.2, 0.25) is 0 Å². The molecule has 0 bridgehead atoms. The minimum atomic E-state index is -0.0298. The number of aldehydes is 1. The summed E-state index contributed by atoms with van der Waals surface area (Å²) in [5.74, 6) is 0.618. The lowest BCUT2D eigenvalue weighted by Crippen LogP contribution is -2.35. The maximum Gasteiger partial charge on any atom is 0.137 e. The molecule has 2 heteroatoms. The lowest BCUT2D eigenvalue weighted by molar-refractivity contribution is -0.113. The van der Waals surface area contributed by atoms with Crippen molar-refractivity contribution in [3.8, 4) is 0 Å². The predicted molar refractivity (Wildman–Crippen MR) is 96.1 cm³/mol. The molecule has 0 aliphatic carbocycles. The number of hydrogen-bond acceptors (Lipinski definition) is 2. The Balaban J connectivity index is 2.13. The molecular weight excluding hydrogens is 282 g/mol. The van der Waals surface area contributed by atoms with Crippen molar-refractivity contribution in [3.05, 3.63) is 71.8 Å². The highest BCUT2D eigenvalue weighted by Crippen LogP contribution is 2.17. The van der Waals surface area contributed by atoms with Crippen LogP contribution in [0.4, 0.5) is 0 Å². The Morgan fingerprint density at radius 1 is 0.826 bits per heavy atom. The Bertz CT molecular complexity index is 523. The van der Waals surface area contributed by atoms with Crippen LogP contribution in [0.2, 0.25) is 0 Å². The van der Waals surface area contributed by atoms with Crippen molar-refractivity contribution < 1.29 is 4.79 Å². The van der Waals surface area contributed by atoms with Crippen molar-refractivity contribution in [2.45, 2.75) is 45.8 Å². The smallest absolute Gasteiger partial charge is 0.137 e. The van der Waals surface area contributed by atoms with Gasteiger partial charge in [0, 0.05) is 13.1 Å². The van der Waals surface area contributed by atoms with Crippen LogP contribution in [0.25, 0.3) is 0 Å². The molecule has 0 amide bonds. The highest BCUT2D eigenvalue weighted by atomic mass is 16.1. The highest BCUT2D eigenvalue weighted by Gasteiger charge is 2.19. The van der Waals surface area contributed by atoms with Crippen molar-refractivity contribution in [1.29, 1.82) is 0 Å². The second-order valence-electron chi connectivity index (χ2n) is 6.55. The molecule has 0 unspecified atom stereocenters. The highest BCUT2D eigenvalue weighted by molar-refractivity contribution is 5.57. The topological polar surface area (TPSA) is 20.3 Å². The zero-order chi connectivity index (χ0) is 16.5. The molecule has 0 saturated heterocycles. The molecule has 122 valence electrons. The van der Waals surface area contributed by atoms with Crippen LogP contribution >= 0.6 is 0 Å². The maximum atomic E-state index is 11.7. The molecule has 0 aromatic heterocycles. The number of hydrogen-bond donors (Lipinski definition) is 0. The van der Waals surface area contributed by atoms with Crippen molar-refractivity contribution in [2.75, 3.05) is 0 Å². The summed E-state index contributed by atoms with van der Waals surface area (Å²) >= 11 is 0.